The van der Waals surface area contributed by atoms with E-state index in [9.17, 15) is 9.90 Å². The lowest BCUT2D eigenvalue weighted by Crippen LogP contribution is -2.25. The van der Waals surface area contributed by atoms with Crippen molar-refractivity contribution >= 4 is 33.8 Å². The number of anilines is 1. The van der Waals surface area contributed by atoms with Crippen LogP contribution in [0.2, 0.25) is 0 Å². The number of aromatic nitrogens is 1. The third-order valence-corrected chi connectivity index (χ3v) is 8.58. The number of rotatable bonds is 8. The van der Waals surface area contributed by atoms with E-state index >= 15 is 0 Å². The summed E-state index contributed by atoms with van der Waals surface area (Å²) in [5.41, 5.74) is 1.25. The zero-order valence-corrected chi connectivity index (χ0v) is 18.2. The van der Waals surface area contributed by atoms with Crippen LogP contribution in [0.1, 0.15) is 73.2 Å². The smallest absolute Gasteiger partial charge is 0.305 e. The Morgan fingerprint density at radius 2 is 1.93 bits per heavy atom. The number of hydrogen-bond donors (Lipinski definition) is 1. The van der Waals surface area contributed by atoms with Gasteiger partial charge in [0.2, 0.25) is 0 Å². The molecule has 4 nitrogen and oxygen atoms in total. The molecule has 2 aromatic rings. The molecule has 2 fully saturated rings. The summed E-state index contributed by atoms with van der Waals surface area (Å²) in [6, 6.07) is 4.36. The lowest BCUT2D eigenvalue weighted by Gasteiger charge is -2.24. The molecule has 0 radical (unpaired) electrons. The van der Waals surface area contributed by atoms with Gasteiger partial charge in [0.25, 0.3) is 0 Å². The maximum atomic E-state index is 11.2. The van der Waals surface area contributed by atoms with Gasteiger partial charge in [0.1, 0.15) is 0 Å². The van der Waals surface area contributed by atoms with Crippen molar-refractivity contribution in [1.29, 1.82) is 0 Å². The molecule has 28 heavy (non-hydrogen) atoms. The van der Waals surface area contributed by atoms with Gasteiger partial charge in [-0.15, -0.1) is 22.7 Å². The fourth-order valence-electron chi connectivity index (χ4n) is 4.94. The van der Waals surface area contributed by atoms with Crippen molar-refractivity contribution < 1.29 is 9.90 Å². The summed E-state index contributed by atoms with van der Waals surface area (Å²) in [4.78, 5) is 21.0. The van der Waals surface area contributed by atoms with Crippen LogP contribution < -0.4 is 4.90 Å². The Bertz CT molecular complexity index is 786. The number of aryl methyl sites for hydroxylation is 1. The summed E-state index contributed by atoms with van der Waals surface area (Å²) >= 11 is 3.51. The van der Waals surface area contributed by atoms with Gasteiger partial charge in [-0.2, -0.15) is 0 Å². The Morgan fingerprint density at radius 3 is 2.57 bits per heavy atom. The summed E-state index contributed by atoms with van der Waals surface area (Å²) in [5, 5.41) is 12.4. The number of nitrogens with zero attached hydrogens (tertiary/aromatic N) is 2. The van der Waals surface area contributed by atoms with Crippen molar-refractivity contribution in [3.63, 3.8) is 0 Å². The molecule has 0 bridgehead atoms. The van der Waals surface area contributed by atoms with Crippen LogP contribution in [-0.4, -0.2) is 22.6 Å². The summed E-state index contributed by atoms with van der Waals surface area (Å²) < 4.78 is 0. The van der Waals surface area contributed by atoms with Crippen molar-refractivity contribution in [2.24, 2.45) is 11.8 Å². The first kappa shape index (κ1) is 19.9. The lowest BCUT2D eigenvalue weighted by atomic mass is 9.82. The van der Waals surface area contributed by atoms with E-state index in [2.05, 4.69) is 29.3 Å². The Kier molecular flexibility index (Phi) is 6.36. The van der Waals surface area contributed by atoms with Gasteiger partial charge in [0, 0.05) is 27.6 Å². The quantitative estimate of drug-likeness (QED) is 0.577. The first-order valence-corrected chi connectivity index (χ1v) is 12.3. The van der Waals surface area contributed by atoms with Crippen LogP contribution in [0, 0.1) is 11.8 Å². The van der Waals surface area contributed by atoms with Crippen molar-refractivity contribution in [3.05, 3.63) is 33.0 Å². The monoisotopic (exact) mass is 418 g/mol. The van der Waals surface area contributed by atoms with Crippen LogP contribution in [0.25, 0.3) is 0 Å². The Balaban J connectivity index is 1.47. The molecular formula is C22H30N2O2S2. The molecule has 2 aliphatic carbocycles. The van der Waals surface area contributed by atoms with Crippen LogP contribution in [0.5, 0.6) is 0 Å². The molecule has 0 aromatic carbocycles. The molecule has 6 heteroatoms. The number of thiophene rings is 1. The largest absolute Gasteiger partial charge is 0.481 e. The normalized spacial score (nSPS) is 24.2. The molecule has 2 aromatic heterocycles. The lowest BCUT2D eigenvalue weighted by molar-refractivity contribution is -0.136. The average Bonchev–Trinajstić information content (AvgIpc) is 3.43. The van der Waals surface area contributed by atoms with E-state index in [0.717, 1.165) is 29.9 Å². The second-order valence-electron chi connectivity index (χ2n) is 8.31. The van der Waals surface area contributed by atoms with Gasteiger partial charge >= 0.3 is 5.97 Å². The highest BCUT2D eigenvalue weighted by atomic mass is 32.1. The molecule has 2 aliphatic rings. The Hall–Kier alpha value is -1.40. The van der Waals surface area contributed by atoms with E-state index in [1.54, 1.807) is 11.3 Å². The molecule has 2 saturated carbocycles. The molecule has 152 valence electrons. The number of carboxylic acid groups (broad SMARTS) is 1. The van der Waals surface area contributed by atoms with Crippen LogP contribution in [-0.2, 0) is 17.8 Å². The van der Waals surface area contributed by atoms with Crippen molar-refractivity contribution in [2.75, 3.05) is 11.4 Å². The third kappa shape index (κ3) is 4.60. The van der Waals surface area contributed by atoms with Crippen LogP contribution in [0.4, 0.5) is 5.13 Å². The third-order valence-electron chi connectivity index (χ3n) is 6.45. The van der Waals surface area contributed by atoms with Crippen LogP contribution in [0.3, 0.4) is 0 Å². The highest BCUT2D eigenvalue weighted by Gasteiger charge is 2.37. The number of carboxylic acids is 1. The van der Waals surface area contributed by atoms with Crippen LogP contribution in [0.15, 0.2) is 17.5 Å². The predicted octanol–water partition coefficient (Wildman–Crippen LogP) is 5.93. The van der Waals surface area contributed by atoms with Gasteiger partial charge in [0.05, 0.1) is 18.7 Å². The van der Waals surface area contributed by atoms with Gasteiger partial charge in [-0.05, 0) is 43.2 Å². The van der Waals surface area contributed by atoms with Gasteiger partial charge in [0.15, 0.2) is 5.13 Å². The summed E-state index contributed by atoms with van der Waals surface area (Å²) in [6.45, 7) is 3.43. The minimum atomic E-state index is -0.748. The number of hydrogen-bond acceptors (Lipinski definition) is 5. The molecule has 4 rings (SSSR count). The highest BCUT2D eigenvalue weighted by molar-refractivity contribution is 7.14. The molecule has 2 heterocycles. The molecular weight excluding hydrogens is 388 g/mol. The Morgan fingerprint density at radius 1 is 1.21 bits per heavy atom. The molecule has 1 N–H and O–H groups in total. The number of thiazole rings is 1. The second kappa shape index (κ2) is 8.95. The summed E-state index contributed by atoms with van der Waals surface area (Å²) in [7, 11) is 0. The number of carbonyl (C=O) groups is 1. The molecule has 2 unspecified atom stereocenters. The van der Waals surface area contributed by atoms with E-state index in [0.29, 0.717) is 12.5 Å². The number of fused-ring (bicyclic) bond motifs is 1. The van der Waals surface area contributed by atoms with Crippen molar-refractivity contribution in [3.8, 4) is 0 Å². The maximum Gasteiger partial charge on any atom is 0.305 e. The summed E-state index contributed by atoms with van der Waals surface area (Å²) in [5.74, 6) is 1.67. The topological polar surface area (TPSA) is 53.4 Å². The van der Waals surface area contributed by atoms with Gasteiger partial charge in [-0.25, -0.2) is 4.98 Å². The predicted molar refractivity (Wildman–Crippen MR) is 117 cm³/mol. The Labute approximate surface area is 175 Å². The standard InChI is InChI=1S/C22H30N2O2S2/c1-2-18-7-8-19(28-18)13-24(10-9-21(25)26)22-23-20(14-27-22)17-11-15-5-3-4-6-16(15)12-17/h7-8,14-17H,2-6,9-13H2,1H3,(H,25,26). The van der Waals surface area contributed by atoms with Crippen molar-refractivity contribution in [1.82, 2.24) is 4.98 Å². The fraction of sp³-hybridized carbons (Fsp3) is 0.636. The maximum absolute atomic E-state index is 11.2. The highest BCUT2D eigenvalue weighted by Crippen LogP contribution is 2.49. The second-order valence-corrected chi connectivity index (χ2v) is 10.4. The zero-order chi connectivity index (χ0) is 19.5. The van der Waals surface area contributed by atoms with Gasteiger partial charge in [-0.1, -0.05) is 32.6 Å². The average molecular weight is 419 g/mol. The van der Waals surface area contributed by atoms with Gasteiger partial charge < -0.3 is 10.0 Å². The molecule has 0 amide bonds. The minimum absolute atomic E-state index is 0.147. The van der Waals surface area contributed by atoms with Crippen LogP contribution >= 0.6 is 22.7 Å². The van der Waals surface area contributed by atoms with Gasteiger partial charge in [-0.3, -0.25) is 4.79 Å². The zero-order valence-electron chi connectivity index (χ0n) is 16.6. The SMILES string of the molecule is CCc1ccc(CN(CCC(=O)O)c2nc(C3CC4CCCCC4C3)cs2)s1. The van der Waals surface area contributed by atoms with E-state index in [1.807, 2.05) is 11.3 Å². The summed E-state index contributed by atoms with van der Waals surface area (Å²) in [6.07, 6.45) is 9.41. The minimum Gasteiger partial charge on any atom is -0.481 e. The first-order valence-electron chi connectivity index (χ1n) is 10.6. The molecule has 0 saturated heterocycles. The number of aliphatic carboxylic acids is 1. The van der Waals surface area contributed by atoms with E-state index < -0.39 is 5.97 Å². The van der Waals surface area contributed by atoms with Crippen molar-refractivity contribution in [2.45, 2.75) is 70.8 Å². The van der Waals surface area contributed by atoms with E-state index in [-0.39, 0.29) is 6.42 Å². The molecule has 2 atom stereocenters. The van der Waals surface area contributed by atoms with E-state index in [4.69, 9.17) is 4.98 Å². The molecule has 0 spiro atoms. The van der Waals surface area contributed by atoms with E-state index in [1.165, 1.54) is 54.0 Å². The molecule has 0 aliphatic heterocycles. The fourth-order valence-corrected chi connectivity index (χ4v) is 6.85. The first-order chi connectivity index (χ1) is 13.6.